The fourth-order valence-electron chi connectivity index (χ4n) is 1.05. The second kappa shape index (κ2) is 3.88. The summed E-state index contributed by atoms with van der Waals surface area (Å²) in [6, 6.07) is 2.34. The van der Waals surface area contributed by atoms with Crippen LogP contribution in [0.2, 0.25) is 0 Å². The molecule has 0 bridgehead atoms. The topological polar surface area (TPSA) is 26.0 Å². The molecule has 0 aliphatic heterocycles. The monoisotopic (exact) mass is 169 g/mol. The Hall–Kier alpha value is -0.340. The number of hydrogen-bond acceptors (Lipinski definition) is 2. The lowest BCUT2D eigenvalue weighted by Crippen LogP contribution is -2.17. The van der Waals surface area contributed by atoms with Gasteiger partial charge in [-0.2, -0.15) is 11.3 Å². The van der Waals surface area contributed by atoms with Gasteiger partial charge in [0.15, 0.2) is 0 Å². The molecule has 1 aromatic rings. The van der Waals surface area contributed by atoms with Crippen molar-refractivity contribution >= 4 is 11.3 Å². The Kier molecular flexibility index (Phi) is 3.09. The molecule has 0 saturated carbocycles. The van der Waals surface area contributed by atoms with E-state index < -0.39 is 0 Å². The van der Waals surface area contributed by atoms with Gasteiger partial charge in [0.05, 0.1) is 0 Å². The number of hydrogen-bond donors (Lipinski definition) is 1. The van der Waals surface area contributed by atoms with Gasteiger partial charge in [-0.1, -0.05) is 20.3 Å². The molecule has 0 fully saturated rings. The number of nitrogens with two attached hydrogens (primary N) is 1. The molecule has 0 aliphatic rings. The van der Waals surface area contributed by atoms with Crippen LogP contribution in [0.25, 0.3) is 0 Å². The second-order valence-corrected chi connectivity index (χ2v) is 3.75. The molecule has 1 heterocycles. The lowest BCUT2D eigenvalue weighted by Gasteiger charge is -2.16. The van der Waals surface area contributed by atoms with Crippen LogP contribution in [0.4, 0.5) is 0 Å². The zero-order chi connectivity index (χ0) is 8.27. The minimum absolute atomic E-state index is 0.228. The molecule has 11 heavy (non-hydrogen) atoms. The van der Waals surface area contributed by atoms with Crippen molar-refractivity contribution in [3.8, 4) is 0 Å². The summed E-state index contributed by atoms with van der Waals surface area (Å²) in [6.07, 6.45) is 1.15. The van der Waals surface area contributed by atoms with Crippen molar-refractivity contribution in [2.45, 2.75) is 26.3 Å². The lowest BCUT2D eigenvalue weighted by molar-refractivity contribution is 0.458. The highest BCUT2D eigenvalue weighted by atomic mass is 32.1. The Morgan fingerprint density at radius 1 is 1.64 bits per heavy atom. The van der Waals surface area contributed by atoms with Gasteiger partial charge in [0, 0.05) is 6.04 Å². The molecule has 0 amide bonds. The Balaban J connectivity index is 2.62. The fraction of sp³-hybridized carbons (Fsp3) is 0.556. The Bertz CT molecular complexity index is 193. The van der Waals surface area contributed by atoms with E-state index in [1.54, 1.807) is 11.3 Å². The van der Waals surface area contributed by atoms with E-state index in [2.05, 4.69) is 30.7 Å². The molecule has 0 aromatic carbocycles. The van der Waals surface area contributed by atoms with Crippen LogP contribution in [0.3, 0.4) is 0 Å². The second-order valence-electron chi connectivity index (χ2n) is 2.97. The lowest BCUT2D eigenvalue weighted by atomic mass is 9.95. The molecular weight excluding hydrogens is 154 g/mol. The van der Waals surface area contributed by atoms with Gasteiger partial charge in [-0.3, -0.25) is 0 Å². The highest BCUT2D eigenvalue weighted by molar-refractivity contribution is 7.07. The number of thiophene rings is 1. The standard InChI is InChI=1S/C9H15NS/c1-3-7(2)9(10)8-4-5-11-6-8/h4-7,9H,3,10H2,1-2H3/t7?,9-/m1/s1. The van der Waals surface area contributed by atoms with E-state index >= 15 is 0 Å². The van der Waals surface area contributed by atoms with Gasteiger partial charge in [0.1, 0.15) is 0 Å². The Morgan fingerprint density at radius 3 is 2.82 bits per heavy atom. The largest absolute Gasteiger partial charge is 0.324 e. The van der Waals surface area contributed by atoms with Gasteiger partial charge in [-0.15, -0.1) is 0 Å². The average molecular weight is 169 g/mol. The third-order valence-corrected chi connectivity index (χ3v) is 2.89. The Labute approximate surface area is 72.2 Å². The van der Waals surface area contributed by atoms with Crippen molar-refractivity contribution in [3.05, 3.63) is 22.4 Å². The molecule has 2 atom stereocenters. The van der Waals surface area contributed by atoms with Gasteiger partial charge < -0.3 is 5.73 Å². The highest BCUT2D eigenvalue weighted by Gasteiger charge is 2.12. The van der Waals surface area contributed by atoms with Crippen molar-refractivity contribution in [2.75, 3.05) is 0 Å². The summed E-state index contributed by atoms with van der Waals surface area (Å²) in [5.41, 5.74) is 7.28. The van der Waals surface area contributed by atoms with Crippen molar-refractivity contribution < 1.29 is 0 Å². The average Bonchev–Trinajstić information content (AvgIpc) is 2.53. The molecule has 0 spiro atoms. The summed E-state index contributed by atoms with van der Waals surface area (Å²) in [5.74, 6) is 0.588. The molecule has 1 rings (SSSR count). The SMILES string of the molecule is CCC(C)[C@@H](N)c1ccsc1. The predicted octanol–water partition coefficient (Wildman–Crippen LogP) is 2.79. The quantitative estimate of drug-likeness (QED) is 0.739. The van der Waals surface area contributed by atoms with E-state index in [9.17, 15) is 0 Å². The van der Waals surface area contributed by atoms with E-state index in [1.165, 1.54) is 5.56 Å². The first-order valence-corrected chi connectivity index (χ1v) is 4.97. The zero-order valence-electron chi connectivity index (χ0n) is 7.08. The van der Waals surface area contributed by atoms with Crippen LogP contribution in [0.1, 0.15) is 31.9 Å². The Morgan fingerprint density at radius 2 is 2.36 bits per heavy atom. The molecule has 0 radical (unpaired) electrons. The molecule has 0 saturated heterocycles. The normalized spacial score (nSPS) is 16.3. The van der Waals surface area contributed by atoms with Crippen LogP contribution in [0.15, 0.2) is 16.8 Å². The van der Waals surface area contributed by atoms with E-state index in [4.69, 9.17) is 5.73 Å². The maximum Gasteiger partial charge on any atom is 0.0329 e. The fourth-order valence-corrected chi connectivity index (χ4v) is 1.75. The first-order valence-electron chi connectivity index (χ1n) is 4.03. The van der Waals surface area contributed by atoms with Crippen LogP contribution in [0.5, 0.6) is 0 Å². The molecule has 1 aromatic heterocycles. The van der Waals surface area contributed by atoms with Crippen LogP contribution < -0.4 is 5.73 Å². The first-order chi connectivity index (χ1) is 5.25. The van der Waals surface area contributed by atoms with E-state index in [0.29, 0.717) is 5.92 Å². The third-order valence-electron chi connectivity index (χ3n) is 2.19. The van der Waals surface area contributed by atoms with E-state index in [1.807, 2.05) is 0 Å². The molecule has 2 heteroatoms. The van der Waals surface area contributed by atoms with Crippen molar-refractivity contribution in [2.24, 2.45) is 11.7 Å². The summed E-state index contributed by atoms with van der Waals surface area (Å²) >= 11 is 1.72. The highest BCUT2D eigenvalue weighted by Crippen LogP contribution is 2.23. The smallest absolute Gasteiger partial charge is 0.0329 e. The summed E-state index contributed by atoms with van der Waals surface area (Å²) in [5, 5.41) is 4.22. The molecule has 62 valence electrons. The van der Waals surface area contributed by atoms with Crippen LogP contribution in [-0.2, 0) is 0 Å². The maximum absolute atomic E-state index is 6.00. The number of rotatable bonds is 3. The maximum atomic E-state index is 6.00. The van der Waals surface area contributed by atoms with Gasteiger partial charge in [0.25, 0.3) is 0 Å². The minimum atomic E-state index is 0.228. The minimum Gasteiger partial charge on any atom is -0.324 e. The molecule has 2 N–H and O–H groups in total. The van der Waals surface area contributed by atoms with Gasteiger partial charge in [-0.05, 0) is 28.3 Å². The van der Waals surface area contributed by atoms with Gasteiger partial charge >= 0.3 is 0 Å². The summed E-state index contributed by atoms with van der Waals surface area (Å²) < 4.78 is 0. The molecule has 1 nitrogen and oxygen atoms in total. The van der Waals surface area contributed by atoms with E-state index in [-0.39, 0.29) is 6.04 Å². The predicted molar refractivity (Wildman–Crippen MR) is 50.7 cm³/mol. The summed E-state index contributed by atoms with van der Waals surface area (Å²) in [7, 11) is 0. The molecular formula is C9H15NS. The molecule has 0 aliphatic carbocycles. The molecule has 1 unspecified atom stereocenters. The van der Waals surface area contributed by atoms with Gasteiger partial charge in [0.2, 0.25) is 0 Å². The van der Waals surface area contributed by atoms with Crippen LogP contribution >= 0.6 is 11.3 Å². The van der Waals surface area contributed by atoms with Crippen molar-refractivity contribution in [1.82, 2.24) is 0 Å². The summed E-state index contributed by atoms with van der Waals surface area (Å²) in [6.45, 7) is 4.37. The van der Waals surface area contributed by atoms with Crippen molar-refractivity contribution in [3.63, 3.8) is 0 Å². The zero-order valence-corrected chi connectivity index (χ0v) is 7.90. The van der Waals surface area contributed by atoms with Gasteiger partial charge in [-0.25, -0.2) is 0 Å². The summed E-state index contributed by atoms with van der Waals surface area (Å²) in [4.78, 5) is 0. The third kappa shape index (κ3) is 2.04. The van der Waals surface area contributed by atoms with E-state index in [0.717, 1.165) is 6.42 Å². The van der Waals surface area contributed by atoms with Crippen LogP contribution in [-0.4, -0.2) is 0 Å². The van der Waals surface area contributed by atoms with Crippen molar-refractivity contribution in [1.29, 1.82) is 0 Å². The van der Waals surface area contributed by atoms with Crippen LogP contribution in [0, 0.1) is 5.92 Å². The first kappa shape index (κ1) is 8.75.